The summed E-state index contributed by atoms with van der Waals surface area (Å²) in [6.07, 6.45) is 2.08. The molecule has 0 spiro atoms. The summed E-state index contributed by atoms with van der Waals surface area (Å²) in [6.45, 7) is 5.62. The summed E-state index contributed by atoms with van der Waals surface area (Å²) in [4.78, 5) is 24.2. The summed E-state index contributed by atoms with van der Waals surface area (Å²) in [5, 5.41) is 7.81. The minimum atomic E-state index is -0.532. The van der Waals surface area contributed by atoms with Crippen molar-refractivity contribution in [3.63, 3.8) is 0 Å². The number of rotatable bonds is 4. The molecule has 0 saturated heterocycles. The third-order valence-electron chi connectivity index (χ3n) is 4.92. The second-order valence-electron chi connectivity index (χ2n) is 6.65. The van der Waals surface area contributed by atoms with Crippen molar-refractivity contribution in [2.24, 2.45) is 5.73 Å². The van der Waals surface area contributed by atoms with Crippen molar-refractivity contribution in [3.05, 3.63) is 46.4 Å². The fourth-order valence-corrected chi connectivity index (χ4v) is 3.62. The Hall–Kier alpha value is -3.16. The fourth-order valence-electron chi connectivity index (χ4n) is 3.62. The Morgan fingerprint density at radius 3 is 2.70 bits per heavy atom. The van der Waals surface area contributed by atoms with Gasteiger partial charge in [-0.05, 0) is 37.8 Å². The molecule has 1 aromatic carbocycles. The van der Waals surface area contributed by atoms with Gasteiger partial charge in [0.1, 0.15) is 17.2 Å². The van der Waals surface area contributed by atoms with Gasteiger partial charge in [-0.15, -0.1) is 0 Å². The van der Waals surface area contributed by atoms with Crippen LogP contribution in [0.25, 0.3) is 0 Å². The fraction of sp³-hybridized carbons (Fsp3) is 0.368. The first-order valence-electron chi connectivity index (χ1n) is 8.66. The summed E-state index contributed by atoms with van der Waals surface area (Å²) >= 11 is 0. The van der Waals surface area contributed by atoms with Crippen LogP contribution in [0, 0.1) is 6.92 Å². The molecule has 1 unspecified atom stereocenters. The average Bonchev–Trinajstić information content (AvgIpc) is 2.64. The largest absolute Gasteiger partial charge is 0.496 e. The predicted molar refractivity (Wildman–Crippen MR) is 100 cm³/mol. The number of urea groups is 1. The maximum Gasteiger partial charge on any atom is 0.323 e. The minimum Gasteiger partial charge on any atom is -0.496 e. The van der Waals surface area contributed by atoms with Crippen molar-refractivity contribution in [3.8, 4) is 11.5 Å². The number of hydrogen-bond donors (Lipinski definition) is 4. The van der Waals surface area contributed by atoms with Crippen LogP contribution in [0.1, 0.15) is 23.1 Å². The Balaban J connectivity index is 1.83. The minimum absolute atomic E-state index is 0.0167. The Bertz CT molecular complexity index is 860. The third-order valence-corrected chi connectivity index (χ3v) is 4.92. The highest BCUT2D eigenvalue weighted by Gasteiger charge is 2.29. The molecule has 1 heterocycles. The number of benzene rings is 1. The van der Waals surface area contributed by atoms with E-state index in [1.807, 2.05) is 13.0 Å². The lowest BCUT2D eigenvalue weighted by Gasteiger charge is -2.30. The van der Waals surface area contributed by atoms with Gasteiger partial charge in [-0.3, -0.25) is 4.79 Å². The van der Waals surface area contributed by atoms with Crippen LogP contribution in [-0.4, -0.2) is 32.2 Å². The molecule has 5 N–H and O–H groups in total. The Morgan fingerprint density at radius 1 is 1.30 bits per heavy atom. The molecule has 0 radical (unpaired) electrons. The number of hydrogen-bond acceptors (Lipinski definition) is 5. The van der Waals surface area contributed by atoms with Crippen LogP contribution in [0.15, 0.2) is 29.7 Å². The summed E-state index contributed by atoms with van der Waals surface area (Å²) in [5.41, 5.74) is 9.38. The number of nitrogens with two attached hydrogens (primary N) is 1. The first-order valence-corrected chi connectivity index (χ1v) is 8.66. The van der Waals surface area contributed by atoms with Crippen LogP contribution in [0.5, 0.6) is 11.5 Å². The van der Waals surface area contributed by atoms with E-state index in [0.717, 1.165) is 41.0 Å². The van der Waals surface area contributed by atoms with E-state index in [-0.39, 0.29) is 23.1 Å². The number of amides is 3. The predicted octanol–water partition coefficient (Wildman–Crippen LogP) is 0.983. The molecule has 27 heavy (non-hydrogen) atoms. The lowest BCUT2D eigenvalue weighted by molar-refractivity contribution is -0.118. The standard InChI is InChI=1S/C19H24N4O4/c1-9-7-14(26-3)13-8-11(5-6-12(13)17(9)27-4)22-18(24)16-15(20)10(2)21-19(25)23-16/h7,11H,2,5-6,8,20H2,1,3-4H3,(H,22,24)(H2,21,23,25). The molecule has 0 fully saturated rings. The molecule has 144 valence electrons. The summed E-state index contributed by atoms with van der Waals surface area (Å²) in [7, 11) is 3.29. The van der Waals surface area contributed by atoms with Crippen molar-refractivity contribution in [2.75, 3.05) is 14.2 Å². The topological polar surface area (TPSA) is 115 Å². The van der Waals surface area contributed by atoms with E-state index in [0.29, 0.717) is 6.42 Å². The van der Waals surface area contributed by atoms with Gasteiger partial charge < -0.3 is 31.2 Å². The van der Waals surface area contributed by atoms with Gasteiger partial charge in [0.25, 0.3) is 5.91 Å². The van der Waals surface area contributed by atoms with Crippen LogP contribution in [0.4, 0.5) is 4.79 Å². The van der Waals surface area contributed by atoms with Gasteiger partial charge in [0, 0.05) is 17.2 Å². The molecule has 1 aromatic rings. The number of ether oxygens (including phenoxy) is 2. The van der Waals surface area contributed by atoms with Gasteiger partial charge in [0.2, 0.25) is 0 Å². The van der Waals surface area contributed by atoms with Crippen LogP contribution in [0.3, 0.4) is 0 Å². The van der Waals surface area contributed by atoms with Crippen LogP contribution >= 0.6 is 0 Å². The highest BCUT2D eigenvalue weighted by molar-refractivity contribution is 6.00. The first kappa shape index (κ1) is 18.6. The molecule has 1 aliphatic carbocycles. The van der Waals surface area contributed by atoms with E-state index in [1.54, 1.807) is 14.2 Å². The highest BCUT2D eigenvalue weighted by Crippen LogP contribution is 2.38. The molecule has 8 heteroatoms. The molecule has 0 saturated carbocycles. The summed E-state index contributed by atoms with van der Waals surface area (Å²) in [5.74, 6) is 1.21. The number of carbonyl (C=O) groups excluding carboxylic acids is 2. The molecule has 1 aliphatic heterocycles. The zero-order valence-electron chi connectivity index (χ0n) is 15.7. The highest BCUT2D eigenvalue weighted by atomic mass is 16.5. The van der Waals surface area contributed by atoms with Crippen LogP contribution < -0.4 is 31.2 Å². The van der Waals surface area contributed by atoms with Gasteiger partial charge >= 0.3 is 6.03 Å². The Morgan fingerprint density at radius 2 is 2.04 bits per heavy atom. The van der Waals surface area contributed by atoms with Crippen molar-refractivity contribution in [2.45, 2.75) is 32.2 Å². The molecule has 8 nitrogen and oxygen atoms in total. The van der Waals surface area contributed by atoms with Gasteiger partial charge in [-0.1, -0.05) is 6.58 Å². The van der Waals surface area contributed by atoms with Crippen molar-refractivity contribution in [1.82, 2.24) is 16.0 Å². The zero-order valence-corrected chi connectivity index (χ0v) is 15.7. The van der Waals surface area contributed by atoms with Gasteiger partial charge in [-0.25, -0.2) is 4.79 Å². The van der Waals surface area contributed by atoms with E-state index in [1.165, 1.54) is 0 Å². The Kier molecular flexibility index (Phi) is 4.98. The monoisotopic (exact) mass is 372 g/mol. The number of carbonyl (C=O) groups is 2. The molecular formula is C19H24N4O4. The molecule has 1 atom stereocenters. The van der Waals surface area contributed by atoms with E-state index in [4.69, 9.17) is 15.2 Å². The lowest BCUT2D eigenvalue weighted by atomic mass is 9.85. The molecule has 3 amide bonds. The zero-order chi connectivity index (χ0) is 19.7. The van der Waals surface area contributed by atoms with E-state index in [9.17, 15) is 9.59 Å². The summed E-state index contributed by atoms with van der Waals surface area (Å²) in [6, 6.07) is 1.29. The molecule has 2 aliphatic rings. The van der Waals surface area contributed by atoms with Crippen LogP contribution in [-0.2, 0) is 17.6 Å². The number of fused-ring (bicyclic) bond motifs is 1. The number of nitrogens with one attached hydrogen (secondary N) is 3. The second-order valence-corrected chi connectivity index (χ2v) is 6.65. The van der Waals surface area contributed by atoms with Crippen molar-refractivity contribution < 1.29 is 19.1 Å². The SMILES string of the molecule is C=C1NC(=O)NC(C(=O)NC2CCc3c(c(OC)cc(C)c3OC)C2)=C1N. The average molecular weight is 372 g/mol. The second kappa shape index (κ2) is 7.22. The van der Waals surface area contributed by atoms with E-state index in [2.05, 4.69) is 22.5 Å². The maximum atomic E-state index is 12.6. The Labute approximate surface area is 157 Å². The van der Waals surface area contributed by atoms with Gasteiger partial charge in [0.15, 0.2) is 0 Å². The summed E-state index contributed by atoms with van der Waals surface area (Å²) < 4.78 is 11.1. The smallest absolute Gasteiger partial charge is 0.323 e. The van der Waals surface area contributed by atoms with E-state index >= 15 is 0 Å². The number of methoxy groups -OCH3 is 2. The lowest BCUT2D eigenvalue weighted by Crippen LogP contribution is -2.49. The van der Waals surface area contributed by atoms with Crippen LogP contribution in [0.2, 0.25) is 0 Å². The molecule has 3 rings (SSSR count). The maximum absolute atomic E-state index is 12.6. The normalized spacial score (nSPS) is 19.0. The van der Waals surface area contributed by atoms with Crippen molar-refractivity contribution >= 4 is 11.9 Å². The van der Waals surface area contributed by atoms with Gasteiger partial charge in [-0.2, -0.15) is 0 Å². The van der Waals surface area contributed by atoms with Gasteiger partial charge in [0.05, 0.1) is 25.6 Å². The van der Waals surface area contributed by atoms with Crippen molar-refractivity contribution in [1.29, 1.82) is 0 Å². The third kappa shape index (κ3) is 3.42. The first-order chi connectivity index (χ1) is 12.8. The van der Waals surface area contributed by atoms with E-state index < -0.39 is 11.9 Å². The molecular weight excluding hydrogens is 348 g/mol. The quantitative estimate of drug-likeness (QED) is 0.629. The molecule has 0 aromatic heterocycles. The molecule has 0 bridgehead atoms. The number of aryl methyl sites for hydroxylation is 1.